The summed E-state index contributed by atoms with van der Waals surface area (Å²) in [6.45, 7) is 3.79. The zero-order valence-corrected chi connectivity index (χ0v) is 17.2. The second kappa shape index (κ2) is 8.41. The molecule has 0 fully saturated rings. The Morgan fingerprint density at radius 1 is 0.821 bits per heavy atom. The third-order valence-corrected chi connectivity index (χ3v) is 5.68. The van der Waals surface area contributed by atoms with Crippen molar-refractivity contribution in [2.24, 2.45) is 0 Å². The zero-order valence-electron chi connectivity index (χ0n) is 15.6. The predicted octanol–water partition coefficient (Wildman–Crippen LogP) is 4.91. The van der Waals surface area contributed by atoms with E-state index in [2.05, 4.69) is 15.4 Å². The van der Waals surface area contributed by atoms with Gasteiger partial charge in [-0.2, -0.15) is 0 Å². The average molecular weight is 412 g/mol. The van der Waals surface area contributed by atoms with Gasteiger partial charge in [0.1, 0.15) is 0 Å². The second-order valence-corrected chi connectivity index (χ2v) is 8.48. The summed E-state index contributed by atoms with van der Waals surface area (Å²) in [7, 11) is -3.67. The van der Waals surface area contributed by atoms with E-state index in [-0.39, 0.29) is 4.90 Å². The maximum absolute atomic E-state index is 12.7. The molecule has 0 aromatic heterocycles. The lowest BCUT2D eigenvalue weighted by Crippen LogP contribution is -2.19. The number of benzene rings is 3. The van der Waals surface area contributed by atoms with E-state index in [0.29, 0.717) is 16.5 Å². The maximum Gasteiger partial charge on any atom is 0.261 e. The van der Waals surface area contributed by atoms with Crippen LogP contribution in [0.15, 0.2) is 77.7 Å². The summed E-state index contributed by atoms with van der Waals surface area (Å²) in [5.74, 6) is 0. The van der Waals surface area contributed by atoms with Gasteiger partial charge in [-0.05, 0) is 79.7 Å². The van der Waals surface area contributed by atoms with E-state index in [4.69, 9.17) is 12.2 Å². The summed E-state index contributed by atoms with van der Waals surface area (Å²) in [4.78, 5) is 0.181. The molecule has 0 radical (unpaired) electrons. The van der Waals surface area contributed by atoms with Gasteiger partial charge in [-0.1, -0.05) is 30.3 Å². The number of anilines is 3. The van der Waals surface area contributed by atoms with Gasteiger partial charge in [-0.15, -0.1) is 0 Å². The molecule has 0 bridgehead atoms. The van der Waals surface area contributed by atoms with E-state index in [1.807, 2.05) is 62.4 Å². The molecule has 3 aromatic carbocycles. The molecule has 5 nitrogen and oxygen atoms in total. The van der Waals surface area contributed by atoms with Crippen LogP contribution in [0.2, 0.25) is 0 Å². The molecule has 144 valence electrons. The Labute approximate surface area is 170 Å². The van der Waals surface area contributed by atoms with Crippen LogP contribution in [0.25, 0.3) is 0 Å². The van der Waals surface area contributed by atoms with Crippen molar-refractivity contribution >= 4 is 44.4 Å². The molecule has 0 aliphatic heterocycles. The summed E-state index contributed by atoms with van der Waals surface area (Å²) in [6.07, 6.45) is 0. The minimum atomic E-state index is -3.67. The second-order valence-electron chi connectivity index (χ2n) is 6.39. The summed E-state index contributed by atoms with van der Waals surface area (Å²) in [5, 5.41) is 6.54. The molecule has 3 aromatic rings. The molecule has 0 saturated heterocycles. The predicted molar refractivity (Wildman–Crippen MR) is 119 cm³/mol. The lowest BCUT2D eigenvalue weighted by atomic mass is 10.1. The van der Waals surface area contributed by atoms with Crippen molar-refractivity contribution in [1.82, 2.24) is 0 Å². The van der Waals surface area contributed by atoms with Crippen LogP contribution < -0.4 is 15.4 Å². The van der Waals surface area contributed by atoms with E-state index < -0.39 is 10.0 Å². The van der Waals surface area contributed by atoms with Gasteiger partial charge in [0.2, 0.25) is 0 Å². The molecule has 28 heavy (non-hydrogen) atoms. The zero-order chi connectivity index (χ0) is 20.1. The number of sulfonamides is 1. The fourth-order valence-corrected chi connectivity index (χ4v) is 3.94. The van der Waals surface area contributed by atoms with Crippen LogP contribution >= 0.6 is 12.2 Å². The molecule has 0 spiro atoms. The van der Waals surface area contributed by atoms with Gasteiger partial charge in [0.25, 0.3) is 10.0 Å². The van der Waals surface area contributed by atoms with E-state index in [9.17, 15) is 8.42 Å². The van der Waals surface area contributed by atoms with Crippen molar-refractivity contribution in [3.8, 4) is 0 Å². The Morgan fingerprint density at radius 2 is 1.43 bits per heavy atom. The molecule has 0 atom stereocenters. The highest BCUT2D eigenvalue weighted by molar-refractivity contribution is 7.92. The summed E-state index contributed by atoms with van der Waals surface area (Å²) >= 11 is 5.28. The van der Waals surface area contributed by atoms with Crippen molar-refractivity contribution in [2.45, 2.75) is 18.7 Å². The van der Waals surface area contributed by atoms with Crippen LogP contribution in [0.5, 0.6) is 0 Å². The number of hydrogen-bond donors (Lipinski definition) is 3. The third kappa shape index (κ3) is 5.09. The lowest BCUT2D eigenvalue weighted by molar-refractivity contribution is 0.601. The standard InChI is InChI=1S/C21H21N3O2S2/c1-15-8-9-16(2)20(14-15)24-28(25,26)19-12-10-18(11-13-19)23-21(27)22-17-6-4-3-5-7-17/h3-14,24H,1-2H3,(H2,22,23,27). The summed E-state index contributed by atoms with van der Waals surface area (Å²) < 4.78 is 28.0. The summed E-state index contributed by atoms with van der Waals surface area (Å²) in [5.41, 5.74) is 4.00. The molecule has 3 N–H and O–H groups in total. The normalized spacial score (nSPS) is 10.9. The highest BCUT2D eigenvalue weighted by atomic mass is 32.2. The lowest BCUT2D eigenvalue weighted by Gasteiger charge is -2.13. The quantitative estimate of drug-likeness (QED) is 0.520. The molecule has 0 heterocycles. The average Bonchev–Trinajstić information content (AvgIpc) is 2.66. The van der Waals surface area contributed by atoms with Crippen molar-refractivity contribution < 1.29 is 8.42 Å². The molecule has 3 rings (SSSR count). The monoisotopic (exact) mass is 411 g/mol. The number of para-hydroxylation sites is 1. The van der Waals surface area contributed by atoms with Gasteiger partial charge in [0.15, 0.2) is 5.11 Å². The van der Waals surface area contributed by atoms with Crippen molar-refractivity contribution in [3.63, 3.8) is 0 Å². The Bertz CT molecular complexity index is 1080. The van der Waals surface area contributed by atoms with Crippen molar-refractivity contribution in [1.29, 1.82) is 0 Å². The molecule has 0 saturated carbocycles. The van der Waals surface area contributed by atoms with Crippen LogP contribution in [0.3, 0.4) is 0 Å². The first kappa shape index (κ1) is 19.9. The first-order valence-corrected chi connectivity index (χ1v) is 10.6. The molecule has 7 heteroatoms. The van der Waals surface area contributed by atoms with Gasteiger partial charge in [0, 0.05) is 11.4 Å². The molecule has 0 aliphatic carbocycles. The molecule has 0 amide bonds. The van der Waals surface area contributed by atoms with Gasteiger partial charge in [-0.25, -0.2) is 8.42 Å². The van der Waals surface area contributed by atoms with E-state index in [0.717, 1.165) is 16.8 Å². The number of hydrogen-bond acceptors (Lipinski definition) is 3. The fraction of sp³-hybridized carbons (Fsp3) is 0.0952. The van der Waals surface area contributed by atoms with Crippen LogP contribution in [-0.2, 0) is 10.0 Å². The number of aryl methyl sites for hydroxylation is 2. The number of thiocarbonyl (C=S) groups is 1. The van der Waals surface area contributed by atoms with Crippen molar-refractivity contribution in [2.75, 3.05) is 15.4 Å². The van der Waals surface area contributed by atoms with E-state index >= 15 is 0 Å². The topological polar surface area (TPSA) is 70.2 Å². The van der Waals surface area contributed by atoms with Gasteiger partial charge >= 0.3 is 0 Å². The third-order valence-electron chi connectivity index (χ3n) is 4.09. The Morgan fingerprint density at radius 3 is 2.07 bits per heavy atom. The Hall–Kier alpha value is -2.90. The SMILES string of the molecule is Cc1ccc(C)c(NS(=O)(=O)c2ccc(NC(=S)Nc3ccccc3)cc2)c1. The smallest absolute Gasteiger partial charge is 0.261 e. The van der Waals surface area contributed by atoms with Crippen LogP contribution in [0.4, 0.5) is 17.1 Å². The minimum absolute atomic E-state index is 0.181. The van der Waals surface area contributed by atoms with Gasteiger partial charge in [0.05, 0.1) is 10.6 Å². The number of nitrogens with one attached hydrogen (secondary N) is 3. The highest BCUT2D eigenvalue weighted by Crippen LogP contribution is 2.22. The number of rotatable bonds is 5. The van der Waals surface area contributed by atoms with Crippen LogP contribution in [-0.4, -0.2) is 13.5 Å². The van der Waals surface area contributed by atoms with Gasteiger partial charge in [-0.3, -0.25) is 4.72 Å². The van der Waals surface area contributed by atoms with Crippen LogP contribution in [0, 0.1) is 13.8 Å². The molecular formula is C21H21N3O2S2. The molecule has 0 unspecified atom stereocenters. The van der Waals surface area contributed by atoms with E-state index in [1.165, 1.54) is 0 Å². The Kier molecular flexibility index (Phi) is 5.96. The summed E-state index contributed by atoms with van der Waals surface area (Å²) in [6, 6.07) is 21.6. The molecule has 0 aliphatic rings. The largest absolute Gasteiger partial charge is 0.332 e. The maximum atomic E-state index is 12.7. The van der Waals surface area contributed by atoms with E-state index in [1.54, 1.807) is 24.3 Å². The van der Waals surface area contributed by atoms with Crippen molar-refractivity contribution in [3.05, 3.63) is 83.9 Å². The Balaban J connectivity index is 1.69. The molecular weight excluding hydrogens is 390 g/mol. The highest BCUT2D eigenvalue weighted by Gasteiger charge is 2.15. The van der Waals surface area contributed by atoms with Gasteiger partial charge < -0.3 is 10.6 Å². The first-order valence-electron chi connectivity index (χ1n) is 8.67. The minimum Gasteiger partial charge on any atom is -0.332 e. The van der Waals surface area contributed by atoms with Crippen LogP contribution in [0.1, 0.15) is 11.1 Å². The fourth-order valence-electron chi connectivity index (χ4n) is 2.58. The first-order chi connectivity index (χ1) is 13.3.